The highest BCUT2D eigenvalue weighted by molar-refractivity contribution is 8.00. The average Bonchev–Trinajstić information content (AvgIpc) is 3.25. The Hall–Kier alpha value is -3.64. The van der Waals surface area contributed by atoms with E-state index in [9.17, 15) is 14.4 Å². The number of anilines is 2. The number of fused-ring (bicyclic) bond motifs is 2. The Balaban J connectivity index is 1.02. The summed E-state index contributed by atoms with van der Waals surface area (Å²) in [5.74, 6) is 0.811. The summed E-state index contributed by atoms with van der Waals surface area (Å²) in [5, 5.41) is 2.86. The number of hydrogen-bond acceptors (Lipinski definition) is 9. The molecule has 0 aliphatic carbocycles. The summed E-state index contributed by atoms with van der Waals surface area (Å²) in [6.07, 6.45) is 2.41. The minimum absolute atomic E-state index is 0.0278. The van der Waals surface area contributed by atoms with E-state index in [0.29, 0.717) is 29.3 Å². The molecule has 2 aromatic heterocycles. The SMILES string of the molecule is COc1ccc2ncc(=O)n(C3CN(CCCC4CN(c5ccc6c(c5)NC(=O)CS6)C(=O)O4)C3)c2n1. The quantitative estimate of drug-likeness (QED) is 0.499. The van der Waals surface area contributed by atoms with Gasteiger partial charge in [0, 0.05) is 29.7 Å². The van der Waals surface area contributed by atoms with E-state index >= 15 is 0 Å². The number of thioether (sulfide) groups is 1. The number of methoxy groups -OCH3 is 1. The van der Waals surface area contributed by atoms with Crippen molar-refractivity contribution in [2.24, 2.45) is 0 Å². The lowest BCUT2D eigenvalue weighted by Crippen LogP contribution is -2.50. The van der Waals surface area contributed by atoms with Gasteiger partial charge in [-0.3, -0.25) is 24.0 Å². The maximum absolute atomic E-state index is 12.6. The van der Waals surface area contributed by atoms with Crippen molar-refractivity contribution in [1.29, 1.82) is 0 Å². The van der Waals surface area contributed by atoms with Gasteiger partial charge in [-0.25, -0.2) is 9.78 Å². The number of aromatic nitrogens is 3. The van der Waals surface area contributed by atoms with Crippen molar-refractivity contribution in [2.75, 3.05) is 49.3 Å². The summed E-state index contributed by atoms with van der Waals surface area (Å²) in [5.41, 5.74) is 2.48. The van der Waals surface area contributed by atoms with Crippen LogP contribution >= 0.6 is 11.8 Å². The van der Waals surface area contributed by atoms with E-state index in [0.717, 1.165) is 48.7 Å². The normalized spacial score (nSPS) is 19.9. The first-order valence-corrected chi connectivity index (χ1v) is 13.2. The highest BCUT2D eigenvalue weighted by Gasteiger charge is 2.34. The van der Waals surface area contributed by atoms with Crippen LogP contribution in [0.25, 0.3) is 11.2 Å². The average molecular weight is 523 g/mol. The maximum atomic E-state index is 12.6. The number of carbonyl (C=O) groups excluding carboxylic acids is 2. The molecule has 0 saturated carbocycles. The van der Waals surface area contributed by atoms with Crippen molar-refractivity contribution >= 4 is 46.3 Å². The number of cyclic esters (lactones) is 1. The minimum atomic E-state index is -0.365. The lowest BCUT2D eigenvalue weighted by molar-refractivity contribution is -0.113. The molecule has 0 bridgehead atoms. The fourth-order valence-corrected chi connectivity index (χ4v) is 5.80. The first-order chi connectivity index (χ1) is 18.0. The topological polar surface area (TPSA) is 119 Å². The Morgan fingerprint density at radius 1 is 1.16 bits per heavy atom. The molecule has 1 aromatic carbocycles. The summed E-state index contributed by atoms with van der Waals surface area (Å²) < 4.78 is 12.5. The van der Waals surface area contributed by atoms with Gasteiger partial charge >= 0.3 is 6.09 Å². The van der Waals surface area contributed by atoms with Crippen LogP contribution in [0, 0.1) is 0 Å². The molecule has 12 heteroatoms. The zero-order valence-electron chi connectivity index (χ0n) is 20.3. The van der Waals surface area contributed by atoms with Gasteiger partial charge in [-0.1, -0.05) is 0 Å². The van der Waals surface area contributed by atoms with Crippen LogP contribution in [0.2, 0.25) is 0 Å². The van der Waals surface area contributed by atoms with Gasteiger partial charge in [0.1, 0.15) is 11.6 Å². The van der Waals surface area contributed by atoms with Crippen molar-refractivity contribution in [1.82, 2.24) is 19.4 Å². The van der Waals surface area contributed by atoms with E-state index in [1.54, 1.807) is 28.7 Å². The highest BCUT2D eigenvalue weighted by atomic mass is 32.2. The Bertz CT molecular complexity index is 1440. The van der Waals surface area contributed by atoms with E-state index in [4.69, 9.17) is 9.47 Å². The third-order valence-electron chi connectivity index (χ3n) is 6.90. The van der Waals surface area contributed by atoms with Crippen molar-refractivity contribution < 1.29 is 19.1 Å². The molecule has 1 unspecified atom stereocenters. The van der Waals surface area contributed by atoms with E-state index < -0.39 is 0 Å². The molecule has 3 aliphatic rings. The molecule has 3 aromatic rings. The van der Waals surface area contributed by atoms with Crippen LogP contribution in [0.15, 0.2) is 46.2 Å². The number of hydrogen-bond donors (Lipinski definition) is 1. The second-order valence-corrected chi connectivity index (χ2v) is 10.4. The minimum Gasteiger partial charge on any atom is -0.481 e. The number of likely N-dealkylation sites (tertiary alicyclic amines) is 1. The number of nitrogens with zero attached hydrogens (tertiary/aromatic N) is 5. The van der Waals surface area contributed by atoms with Crippen molar-refractivity contribution in [2.45, 2.75) is 29.9 Å². The number of ether oxygens (including phenoxy) is 2. The Kier molecular flexibility index (Phi) is 6.21. The summed E-state index contributed by atoms with van der Waals surface area (Å²) in [6, 6.07) is 9.22. The summed E-state index contributed by atoms with van der Waals surface area (Å²) >= 11 is 1.49. The number of carbonyl (C=O) groups is 2. The number of rotatable bonds is 7. The molecule has 3 aliphatic heterocycles. The van der Waals surface area contributed by atoms with E-state index in [2.05, 4.69) is 20.2 Å². The first kappa shape index (κ1) is 23.7. The van der Waals surface area contributed by atoms with Gasteiger partial charge in [-0.05, 0) is 43.7 Å². The van der Waals surface area contributed by atoms with Gasteiger partial charge in [-0.15, -0.1) is 11.8 Å². The molecule has 1 N–H and O–H groups in total. The summed E-state index contributed by atoms with van der Waals surface area (Å²) in [7, 11) is 1.55. The predicted molar refractivity (Wildman–Crippen MR) is 138 cm³/mol. The van der Waals surface area contributed by atoms with Crippen molar-refractivity contribution in [3.8, 4) is 5.88 Å². The molecular weight excluding hydrogens is 496 g/mol. The first-order valence-electron chi connectivity index (χ1n) is 12.2. The van der Waals surface area contributed by atoms with Crippen LogP contribution in [0.1, 0.15) is 18.9 Å². The zero-order valence-corrected chi connectivity index (χ0v) is 21.1. The maximum Gasteiger partial charge on any atom is 0.414 e. The molecule has 0 radical (unpaired) electrons. The molecule has 6 rings (SSSR count). The summed E-state index contributed by atoms with van der Waals surface area (Å²) in [4.78, 5) is 50.3. The van der Waals surface area contributed by atoms with Gasteiger partial charge in [0.15, 0.2) is 5.65 Å². The Morgan fingerprint density at radius 3 is 2.86 bits per heavy atom. The third-order valence-corrected chi connectivity index (χ3v) is 7.98. The number of amides is 2. The largest absolute Gasteiger partial charge is 0.481 e. The van der Waals surface area contributed by atoms with Gasteiger partial charge in [0.2, 0.25) is 11.8 Å². The molecule has 2 saturated heterocycles. The van der Waals surface area contributed by atoms with Crippen LogP contribution in [0.3, 0.4) is 0 Å². The lowest BCUT2D eigenvalue weighted by Gasteiger charge is -2.40. The third kappa shape index (κ3) is 4.62. The van der Waals surface area contributed by atoms with Gasteiger partial charge in [0.25, 0.3) is 5.56 Å². The second-order valence-electron chi connectivity index (χ2n) is 9.35. The predicted octanol–water partition coefficient (Wildman–Crippen LogP) is 2.51. The van der Waals surface area contributed by atoms with Crippen LogP contribution in [0.4, 0.5) is 16.2 Å². The molecule has 37 heavy (non-hydrogen) atoms. The van der Waals surface area contributed by atoms with Gasteiger partial charge in [-0.2, -0.15) is 4.98 Å². The number of benzene rings is 1. The number of pyridine rings is 1. The number of nitrogens with one attached hydrogen (secondary N) is 1. The van der Waals surface area contributed by atoms with Crippen LogP contribution in [0.5, 0.6) is 5.88 Å². The van der Waals surface area contributed by atoms with E-state index in [1.165, 1.54) is 18.0 Å². The monoisotopic (exact) mass is 522 g/mol. The van der Waals surface area contributed by atoms with E-state index in [1.807, 2.05) is 18.2 Å². The molecule has 5 heterocycles. The lowest BCUT2D eigenvalue weighted by atomic mass is 10.1. The van der Waals surface area contributed by atoms with Crippen LogP contribution < -0.4 is 20.5 Å². The molecule has 0 spiro atoms. The van der Waals surface area contributed by atoms with Gasteiger partial charge < -0.3 is 14.8 Å². The summed E-state index contributed by atoms with van der Waals surface area (Å²) in [6.45, 7) is 2.81. The zero-order chi connectivity index (χ0) is 25.5. The fourth-order valence-electron chi connectivity index (χ4n) is 5.01. The molecule has 192 valence electrons. The van der Waals surface area contributed by atoms with Crippen LogP contribution in [-0.2, 0) is 9.53 Å². The Labute approximate surface area is 216 Å². The molecular formula is C25H26N6O5S. The van der Waals surface area contributed by atoms with E-state index in [-0.39, 0.29) is 29.7 Å². The highest BCUT2D eigenvalue weighted by Crippen LogP contribution is 2.36. The Morgan fingerprint density at radius 2 is 2.03 bits per heavy atom. The van der Waals surface area contributed by atoms with Crippen LogP contribution in [-0.4, -0.2) is 76.6 Å². The fraction of sp³-hybridized carbons (Fsp3) is 0.400. The molecule has 1 atom stereocenters. The van der Waals surface area contributed by atoms with Crippen molar-refractivity contribution in [3.05, 3.63) is 46.9 Å². The molecule has 2 amide bonds. The van der Waals surface area contributed by atoms with Crippen molar-refractivity contribution in [3.63, 3.8) is 0 Å². The molecule has 2 fully saturated rings. The smallest absolute Gasteiger partial charge is 0.414 e. The second kappa shape index (κ2) is 9.67. The standard InChI is InChI=1S/C25H26N6O5S/c1-35-22-7-5-18-24(28-22)31(23(33)10-26-18)16-11-29(12-16)8-2-3-17-13-30(25(34)36-17)15-4-6-20-19(9-15)27-21(32)14-37-20/h4-7,9-10,16-17H,2-3,8,11-14H2,1H3,(H,27,32). The molecule has 11 nitrogen and oxygen atoms in total. The van der Waals surface area contributed by atoms with Gasteiger partial charge in [0.05, 0.1) is 37.3 Å².